The number of anilines is 2. The molecule has 2 unspecified atom stereocenters. The largest absolute Gasteiger partial charge is 0.511 e. The standard InChI is InChI=1S/C31H28Cl2N4O5/c1-5-7-13-36-25-11-9-21(32)15-23(25)30(27(36)38,19(3)17-34)41-29(40)42-31(20(4)18-35)24-16-22(33)10-12-26(24)37(28(31)39)14-8-6-2/h9-12,15-16H,3-8,13-14H2,1-2H3. The van der Waals surface area contributed by atoms with Crippen molar-refractivity contribution >= 4 is 52.5 Å². The van der Waals surface area contributed by atoms with Gasteiger partial charge in [0.05, 0.1) is 34.7 Å². The van der Waals surface area contributed by atoms with Crippen molar-refractivity contribution in [2.24, 2.45) is 0 Å². The number of benzene rings is 2. The zero-order valence-corrected chi connectivity index (χ0v) is 24.7. The minimum absolute atomic E-state index is 0.124. The molecule has 0 fully saturated rings. The molecule has 9 nitrogen and oxygen atoms in total. The zero-order valence-electron chi connectivity index (χ0n) is 23.2. The Morgan fingerprint density at radius 2 is 1.19 bits per heavy atom. The van der Waals surface area contributed by atoms with E-state index in [0.717, 1.165) is 12.8 Å². The second-order valence-electron chi connectivity index (χ2n) is 9.94. The van der Waals surface area contributed by atoms with Gasteiger partial charge in [-0.15, -0.1) is 0 Å². The molecule has 2 heterocycles. The molecule has 0 saturated carbocycles. The third-order valence-corrected chi connectivity index (χ3v) is 7.88. The van der Waals surface area contributed by atoms with Crippen molar-refractivity contribution in [3.8, 4) is 12.1 Å². The Labute approximate surface area is 254 Å². The molecule has 4 rings (SSSR count). The fourth-order valence-electron chi connectivity index (χ4n) is 5.29. The first-order chi connectivity index (χ1) is 20.0. The van der Waals surface area contributed by atoms with Crippen molar-refractivity contribution in [2.75, 3.05) is 22.9 Å². The Morgan fingerprint density at radius 1 is 0.810 bits per heavy atom. The molecule has 2 atom stereocenters. The maximum Gasteiger partial charge on any atom is 0.511 e. The number of nitriles is 2. The van der Waals surface area contributed by atoms with Crippen molar-refractivity contribution in [3.63, 3.8) is 0 Å². The van der Waals surface area contributed by atoms with E-state index < -0.39 is 40.3 Å². The van der Waals surface area contributed by atoms with Crippen molar-refractivity contribution in [1.29, 1.82) is 10.5 Å². The summed E-state index contributed by atoms with van der Waals surface area (Å²) in [5.74, 6) is -1.48. The van der Waals surface area contributed by atoms with Gasteiger partial charge in [0.2, 0.25) is 0 Å². The molecule has 0 radical (unpaired) electrons. The summed E-state index contributed by atoms with van der Waals surface area (Å²) < 4.78 is 11.5. The number of ether oxygens (including phenoxy) is 2. The minimum Gasteiger partial charge on any atom is -0.407 e. The van der Waals surface area contributed by atoms with E-state index in [1.54, 1.807) is 24.3 Å². The highest BCUT2D eigenvalue weighted by Gasteiger charge is 2.61. The van der Waals surface area contributed by atoms with Crippen molar-refractivity contribution in [1.82, 2.24) is 0 Å². The quantitative estimate of drug-likeness (QED) is 0.218. The van der Waals surface area contributed by atoms with Gasteiger partial charge in [-0.05, 0) is 49.2 Å². The number of hydrogen-bond acceptors (Lipinski definition) is 7. The maximum absolute atomic E-state index is 14.0. The van der Waals surface area contributed by atoms with Crippen LogP contribution in [-0.4, -0.2) is 31.1 Å². The first-order valence-electron chi connectivity index (χ1n) is 13.4. The monoisotopic (exact) mass is 606 g/mol. The van der Waals surface area contributed by atoms with Crippen LogP contribution in [0.3, 0.4) is 0 Å². The Bertz CT molecular complexity index is 1480. The van der Waals surface area contributed by atoms with Crippen LogP contribution in [0.25, 0.3) is 0 Å². The third kappa shape index (κ3) is 4.69. The Balaban J connectivity index is 1.84. The molecule has 2 aliphatic rings. The average Bonchev–Trinajstić information content (AvgIpc) is 3.34. The van der Waals surface area contributed by atoms with Gasteiger partial charge in [0.25, 0.3) is 23.0 Å². The van der Waals surface area contributed by atoms with Gasteiger partial charge in [0.15, 0.2) is 0 Å². The van der Waals surface area contributed by atoms with Crippen LogP contribution in [0, 0.1) is 22.7 Å². The number of carbonyl (C=O) groups is 3. The molecule has 0 aromatic heterocycles. The van der Waals surface area contributed by atoms with Gasteiger partial charge in [-0.25, -0.2) is 4.79 Å². The SMILES string of the molecule is C=C(C#N)C1(OC(=O)OC2(C(=C)C#N)C(=O)N(CCCC)c3ccc(Cl)cc32)C(=O)N(CCCC)c2ccc(Cl)cc21. The number of nitrogens with zero attached hydrogens (tertiary/aromatic N) is 4. The number of unbranched alkanes of at least 4 members (excludes halogenated alkanes) is 2. The lowest BCUT2D eigenvalue weighted by Crippen LogP contribution is -2.48. The molecule has 216 valence electrons. The fourth-order valence-corrected chi connectivity index (χ4v) is 5.63. The van der Waals surface area contributed by atoms with Crippen molar-refractivity contribution < 1.29 is 23.9 Å². The van der Waals surface area contributed by atoms with Crippen LogP contribution in [0.1, 0.15) is 50.7 Å². The van der Waals surface area contributed by atoms with Gasteiger partial charge < -0.3 is 19.3 Å². The van der Waals surface area contributed by atoms with Gasteiger partial charge in [0.1, 0.15) is 0 Å². The van der Waals surface area contributed by atoms with Crippen LogP contribution in [0.5, 0.6) is 0 Å². The molecule has 2 aromatic rings. The summed E-state index contributed by atoms with van der Waals surface area (Å²) in [6.07, 6.45) is 1.27. The van der Waals surface area contributed by atoms with E-state index in [0.29, 0.717) is 24.2 Å². The molecule has 2 aromatic carbocycles. The second kappa shape index (κ2) is 11.9. The summed E-state index contributed by atoms with van der Waals surface area (Å²) in [7, 11) is 0. The maximum atomic E-state index is 14.0. The van der Waals surface area contributed by atoms with E-state index >= 15 is 0 Å². The predicted molar refractivity (Wildman–Crippen MR) is 158 cm³/mol. The Kier molecular flexibility index (Phi) is 8.68. The highest BCUT2D eigenvalue weighted by atomic mass is 35.5. The number of halogens is 2. The second-order valence-corrected chi connectivity index (χ2v) is 10.8. The molecule has 2 amide bonds. The van der Waals surface area contributed by atoms with E-state index in [2.05, 4.69) is 13.2 Å². The van der Waals surface area contributed by atoms with E-state index in [4.69, 9.17) is 32.7 Å². The number of carbonyl (C=O) groups excluding carboxylic acids is 3. The summed E-state index contributed by atoms with van der Waals surface area (Å²) in [6, 6.07) is 12.9. The van der Waals surface area contributed by atoms with Gasteiger partial charge >= 0.3 is 6.16 Å². The normalized spacial score (nSPS) is 20.4. The van der Waals surface area contributed by atoms with E-state index in [9.17, 15) is 24.9 Å². The smallest absolute Gasteiger partial charge is 0.407 e. The Morgan fingerprint density at radius 3 is 1.52 bits per heavy atom. The van der Waals surface area contributed by atoms with E-state index in [1.807, 2.05) is 26.0 Å². The molecule has 0 bridgehead atoms. The number of amides is 2. The number of fused-ring (bicyclic) bond motifs is 2. The van der Waals surface area contributed by atoms with Crippen LogP contribution in [-0.2, 0) is 30.3 Å². The number of rotatable bonds is 10. The molecule has 0 aliphatic carbocycles. The van der Waals surface area contributed by atoms with Gasteiger partial charge in [-0.2, -0.15) is 10.5 Å². The first-order valence-corrected chi connectivity index (χ1v) is 14.1. The summed E-state index contributed by atoms with van der Waals surface area (Å²) >= 11 is 12.6. The topological polar surface area (TPSA) is 124 Å². The highest BCUT2D eigenvalue weighted by Crippen LogP contribution is 2.51. The molecule has 11 heteroatoms. The zero-order chi connectivity index (χ0) is 30.8. The minimum atomic E-state index is -2.32. The third-order valence-electron chi connectivity index (χ3n) is 7.41. The molecular weight excluding hydrogens is 579 g/mol. The molecule has 0 N–H and O–H groups in total. The molecule has 0 spiro atoms. The van der Waals surface area contributed by atoms with Crippen molar-refractivity contribution in [2.45, 2.75) is 50.7 Å². The van der Waals surface area contributed by atoms with Crippen molar-refractivity contribution in [3.05, 3.63) is 81.9 Å². The van der Waals surface area contributed by atoms with Crippen LogP contribution in [0.2, 0.25) is 10.0 Å². The van der Waals surface area contributed by atoms with Gasteiger partial charge in [-0.3, -0.25) is 9.59 Å². The molecular formula is C31H28Cl2N4O5. The highest BCUT2D eigenvalue weighted by molar-refractivity contribution is 6.31. The van der Waals surface area contributed by atoms with Crippen LogP contribution < -0.4 is 9.80 Å². The Hall–Kier alpha value is -4.31. The summed E-state index contributed by atoms with van der Waals surface area (Å²) in [4.78, 5) is 44.6. The summed E-state index contributed by atoms with van der Waals surface area (Å²) in [5.41, 5.74) is -4.42. The first kappa shape index (κ1) is 30.6. The fraction of sp³-hybridized carbons (Fsp3) is 0.323. The lowest BCUT2D eigenvalue weighted by atomic mass is 9.88. The van der Waals surface area contributed by atoms with Crippen LogP contribution in [0.15, 0.2) is 60.7 Å². The number of hydrogen-bond donors (Lipinski definition) is 0. The lowest BCUT2D eigenvalue weighted by Gasteiger charge is -2.31. The van der Waals surface area contributed by atoms with Gasteiger partial charge in [0, 0.05) is 34.3 Å². The average molecular weight is 607 g/mol. The van der Waals surface area contributed by atoms with E-state index in [-0.39, 0.29) is 34.3 Å². The molecule has 42 heavy (non-hydrogen) atoms. The molecule has 2 aliphatic heterocycles. The summed E-state index contributed by atoms with van der Waals surface area (Å²) in [6.45, 7) is 11.9. The van der Waals surface area contributed by atoms with Crippen LogP contribution >= 0.6 is 23.2 Å². The van der Waals surface area contributed by atoms with E-state index in [1.165, 1.54) is 21.9 Å². The predicted octanol–water partition coefficient (Wildman–Crippen LogP) is 6.69. The summed E-state index contributed by atoms with van der Waals surface area (Å²) in [5, 5.41) is 20.3. The van der Waals surface area contributed by atoms with Crippen LogP contribution in [0.4, 0.5) is 16.2 Å². The van der Waals surface area contributed by atoms with Gasteiger partial charge in [-0.1, -0.05) is 63.0 Å². The molecule has 0 saturated heterocycles. The lowest BCUT2D eigenvalue weighted by molar-refractivity contribution is -0.143.